The molecule has 1 aliphatic rings. The second-order valence-electron chi connectivity index (χ2n) is 3.91. The van der Waals surface area contributed by atoms with Gasteiger partial charge in [0.1, 0.15) is 23.4 Å². The van der Waals surface area contributed by atoms with Crippen molar-refractivity contribution in [2.75, 3.05) is 6.54 Å². The van der Waals surface area contributed by atoms with Crippen molar-refractivity contribution < 1.29 is 14.3 Å². The lowest BCUT2D eigenvalue weighted by molar-refractivity contribution is 0.212. The zero-order chi connectivity index (χ0) is 13.3. The summed E-state index contributed by atoms with van der Waals surface area (Å²) in [6.45, 7) is 3.78. The first kappa shape index (κ1) is 12.1. The molecule has 0 fully saturated rings. The van der Waals surface area contributed by atoms with E-state index in [0.29, 0.717) is 5.56 Å². The molecule has 0 saturated carbocycles. The Hall–Kier alpha value is -2.37. The molecule has 1 unspecified atom stereocenters. The van der Waals surface area contributed by atoms with Crippen molar-refractivity contribution in [1.82, 2.24) is 4.90 Å². The van der Waals surface area contributed by atoms with Crippen LogP contribution in [0.5, 0.6) is 5.75 Å². The van der Waals surface area contributed by atoms with Crippen LogP contribution in [0.2, 0.25) is 0 Å². The van der Waals surface area contributed by atoms with Gasteiger partial charge in [-0.2, -0.15) is 4.99 Å². The number of hydrogen-bond acceptors (Lipinski definition) is 3. The van der Waals surface area contributed by atoms with Gasteiger partial charge in [0.15, 0.2) is 0 Å². The third-order valence-corrected chi connectivity index (χ3v) is 2.61. The van der Waals surface area contributed by atoms with Crippen molar-refractivity contribution >= 4 is 11.9 Å². The predicted octanol–water partition coefficient (Wildman–Crippen LogP) is 1.55. The molecule has 1 atom stereocenters. The molecule has 1 aromatic rings. The predicted molar refractivity (Wildman–Crippen MR) is 64.7 cm³/mol. The molecule has 0 spiro atoms. The molecular weight excluding hydrogens is 237 g/mol. The van der Waals surface area contributed by atoms with Crippen LogP contribution in [0, 0.1) is 5.82 Å². The van der Waals surface area contributed by atoms with Crippen molar-refractivity contribution in [3.8, 4) is 5.75 Å². The molecule has 1 aliphatic heterocycles. The molecule has 0 aliphatic carbocycles. The largest absolute Gasteiger partial charge is 0.508 e. The highest BCUT2D eigenvalue weighted by atomic mass is 19.1. The number of urea groups is 1. The quantitative estimate of drug-likeness (QED) is 0.798. The summed E-state index contributed by atoms with van der Waals surface area (Å²) < 4.78 is 13.3. The Morgan fingerprint density at radius 1 is 1.56 bits per heavy atom. The van der Waals surface area contributed by atoms with Gasteiger partial charge in [-0.05, 0) is 17.7 Å². The summed E-state index contributed by atoms with van der Waals surface area (Å²) in [6, 6.07) is 2.37. The molecule has 5 nitrogen and oxygen atoms in total. The standard InChI is InChI=1S/C12H12FN3O2/c1-2-3-16-10(11(14)15-12(16)18)7-4-8(13)6-9(17)5-7/h2,4-6,10,17H,1,3H2,(H2,14,15,18). The first-order chi connectivity index (χ1) is 8.52. The van der Waals surface area contributed by atoms with Crippen LogP contribution in [0.25, 0.3) is 0 Å². The SMILES string of the molecule is C=CCN1C(=O)N=C(N)C1c1cc(O)cc(F)c1. The Balaban J connectivity index is 2.43. The summed E-state index contributed by atoms with van der Waals surface area (Å²) in [5.74, 6) is -0.752. The fourth-order valence-corrected chi connectivity index (χ4v) is 1.93. The zero-order valence-electron chi connectivity index (χ0n) is 9.51. The van der Waals surface area contributed by atoms with Gasteiger partial charge in [0.25, 0.3) is 0 Å². The van der Waals surface area contributed by atoms with E-state index in [9.17, 15) is 14.3 Å². The van der Waals surface area contributed by atoms with Gasteiger partial charge in [-0.3, -0.25) is 0 Å². The van der Waals surface area contributed by atoms with E-state index in [1.54, 1.807) is 0 Å². The van der Waals surface area contributed by atoms with E-state index in [-0.39, 0.29) is 18.1 Å². The van der Waals surface area contributed by atoms with Crippen LogP contribution in [0.3, 0.4) is 0 Å². The number of amides is 2. The minimum absolute atomic E-state index is 0.0758. The molecule has 94 valence electrons. The number of hydrogen-bond donors (Lipinski definition) is 2. The number of rotatable bonds is 3. The zero-order valence-corrected chi connectivity index (χ0v) is 9.51. The summed E-state index contributed by atoms with van der Waals surface area (Å²) in [6.07, 6.45) is 1.53. The number of phenolic OH excluding ortho intramolecular Hbond substituents is 1. The van der Waals surface area contributed by atoms with Crippen molar-refractivity contribution in [3.63, 3.8) is 0 Å². The van der Waals surface area contributed by atoms with Crippen LogP contribution in [0.15, 0.2) is 35.8 Å². The number of nitrogens with zero attached hydrogens (tertiary/aromatic N) is 2. The van der Waals surface area contributed by atoms with Gasteiger partial charge in [0, 0.05) is 12.6 Å². The highest BCUT2D eigenvalue weighted by Gasteiger charge is 2.34. The van der Waals surface area contributed by atoms with E-state index < -0.39 is 17.9 Å². The third-order valence-electron chi connectivity index (χ3n) is 2.61. The molecule has 0 saturated heterocycles. The molecule has 2 rings (SSSR count). The Labute approximate surface area is 103 Å². The van der Waals surface area contributed by atoms with Crippen molar-refractivity contribution in [2.45, 2.75) is 6.04 Å². The van der Waals surface area contributed by atoms with Gasteiger partial charge < -0.3 is 15.7 Å². The number of phenols is 1. The minimum atomic E-state index is -0.669. The average molecular weight is 249 g/mol. The van der Waals surface area contributed by atoms with E-state index in [1.807, 2.05) is 0 Å². The lowest BCUT2D eigenvalue weighted by Crippen LogP contribution is -2.33. The van der Waals surface area contributed by atoms with E-state index >= 15 is 0 Å². The molecule has 6 heteroatoms. The maximum atomic E-state index is 13.3. The summed E-state index contributed by atoms with van der Waals surface area (Å²) in [7, 11) is 0. The molecule has 0 bridgehead atoms. The van der Waals surface area contributed by atoms with Crippen LogP contribution < -0.4 is 5.73 Å². The van der Waals surface area contributed by atoms with Gasteiger partial charge in [0.2, 0.25) is 0 Å². The number of carbonyl (C=O) groups excluding carboxylic acids is 1. The second kappa shape index (κ2) is 4.48. The molecule has 0 aromatic heterocycles. The fourth-order valence-electron chi connectivity index (χ4n) is 1.93. The highest BCUT2D eigenvalue weighted by molar-refractivity contribution is 6.03. The molecular formula is C12H12FN3O2. The van der Waals surface area contributed by atoms with E-state index in [4.69, 9.17) is 5.73 Å². The molecule has 0 radical (unpaired) electrons. The summed E-state index contributed by atoms with van der Waals surface area (Å²) in [4.78, 5) is 16.6. The number of aliphatic imine (C=N–C) groups is 1. The lowest BCUT2D eigenvalue weighted by Gasteiger charge is -2.23. The Bertz CT molecular complexity index is 522. The number of benzene rings is 1. The van der Waals surface area contributed by atoms with Gasteiger partial charge in [-0.1, -0.05) is 6.08 Å². The first-order valence-corrected chi connectivity index (χ1v) is 5.28. The van der Waals surface area contributed by atoms with Crippen LogP contribution >= 0.6 is 0 Å². The Kier molecular flexibility index (Phi) is 3.01. The molecule has 18 heavy (non-hydrogen) atoms. The molecule has 2 amide bonds. The summed E-state index contributed by atoms with van der Waals surface area (Å²) in [5, 5.41) is 9.38. The maximum Gasteiger partial charge on any atom is 0.346 e. The number of halogens is 1. The maximum absolute atomic E-state index is 13.3. The van der Waals surface area contributed by atoms with Crippen LogP contribution in [-0.4, -0.2) is 28.4 Å². The molecule has 1 aromatic carbocycles. The smallest absolute Gasteiger partial charge is 0.346 e. The first-order valence-electron chi connectivity index (χ1n) is 5.28. The van der Waals surface area contributed by atoms with Gasteiger partial charge >= 0.3 is 6.03 Å². The summed E-state index contributed by atoms with van der Waals surface area (Å²) in [5.41, 5.74) is 6.05. The van der Waals surface area contributed by atoms with E-state index in [0.717, 1.165) is 6.07 Å². The van der Waals surface area contributed by atoms with Crippen LogP contribution in [0.4, 0.5) is 9.18 Å². The van der Waals surface area contributed by atoms with E-state index in [2.05, 4.69) is 11.6 Å². The normalized spacial score (nSPS) is 18.9. The number of aromatic hydroxyl groups is 1. The fraction of sp³-hybridized carbons (Fsp3) is 0.167. The van der Waals surface area contributed by atoms with Crippen LogP contribution in [-0.2, 0) is 0 Å². The highest BCUT2D eigenvalue weighted by Crippen LogP contribution is 2.29. The van der Waals surface area contributed by atoms with E-state index in [1.165, 1.54) is 23.1 Å². The van der Waals surface area contributed by atoms with Crippen molar-refractivity contribution in [1.29, 1.82) is 0 Å². The number of amidine groups is 1. The lowest BCUT2D eigenvalue weighted by atomic mass is 10.0. The second-order valence-corrected chi connectivity index (χ2v) is 3.91. The Morgan fingerprint density at radius 2 is 2.28 bits per heavy atom. The Morgan fingerprint density at radius 3 is 2.89 bits per heavy atom. The van der Waals surface area contributed by atoms with Crippen LogP contribution in [0.1, 0.15) is 11.6 Å². The van der Waals surface area contributed by atoms with Gasteiger partial charge in [0.05, 0.1) is 0 Å². The molecule has 3 N–H and O–H groups in total. The topological polar surface area (TPSA) is 78.9 Å². The minimum Gasteiger partial charge on any atom is -0.508 e. The third kappa shape index (κ3) is 2.04. The summed E-state index contributed by atoms with van der Waals surface area (Å²) >= 11 is 0. The van der Waals surface area contributed by atoms with Crippen molar-refractivity contribution in [2.24, 2.45) is 10.7 Å². The van der Waals surface area contributed by atoms with Gasteiger partial charge in [-0.25, -0.2) is 9.18 Å². The van der Waals surface area contributed by atoms with Gasteiger partial charge in [-0.15, -0.1) is 6.58 Å². The number of nitrogens with two attached hydrogens (primary N) is 1. The average Bonchev–Trinajstić information content (AvgIpc) is 2.53. The van der Waals surface area contributed by atoms with Crippen molar-refractivity contribution in [3.05, 3.63) is 42.2 Å². The molecule has 1 heterocycles. The number of carbonyl (C=O) groups is 1. The monoisotopic (exact) mass is 249 g/mol.